The number of aryl methyl sites for hydroxylation is 1. The fraction of sp³-hybridized carbons (Fsp3) is 0.467. The van der Waals surface area contributed by atoms with Crippen molar-refractivity contribution < 1.29 is 4.39 Å². The fourth-order valence-electron chi connectivity index (χ4n) is 2.84. The van der Waals surface area contributed by atoms with Crippen molar-refractivity contribution in [2.75, 3.05) is 13.1 Å². The van der Waals surface area contributed by atoms with Gasteiger partial charge in [0.15, 0.2) is 0 Å². The van der Waals surface area contributed by atoms with Crippen LogP contribution in [-0.4, -0.2) is 22.6 Å². The van der Waals surface area contributed by atoms with E-state index in [4.69, 9.17) is 0 Å². The molecular formula is C15H18FN3O. The zero-order valence-electron chi connectivity index (χ0n) is 11.5. The molecule has 1 aliphatic heterocycles. The molecule has 1 saturated heterocycles. The molecule has 0 amide bonds. The molecule has 4 nitrogen and oxygen atoms in total. The van der Waals surface area contributed by atoms with Crippen LogP contribution in [0.5, 0.6) is 0 Å². The van der Waals surface area contributed by atoms with Crippen LogP contribution in [0.4, 0.5) is 4.39 Å². The second kappa shape index (κ2) is 5.32. The molecule has 5 heteroatoms. The molecule has 1 aromatic carbocycles. The van der Waals surface area contributed by atoms with Crippen molar-refractivity contribution in [1.82, 2.24) is 14.9 Å². The molecule has 1 N–H and O–H groups in total. The summed E-state index contributed by atoms with van der Waals surface area (Å²) in [6.07, 6.45) is 2.15. The second-order valence-electron chi connectivity index (χ2n) is 5.43. The van der Waals surface area contributed by atoms with Crippen LogP contribution in [0.15, 0.2) is 23.0 Å². The van der Waals surface area contributed by atoms with Gasteiger partial charge >= 0.3 is 0 Å². The lowest BCUT2D eigenvalue weighted by Gasteiger charge is -2.24. The monoisotopic (exact) mass is 275 g/mol. The molecule has 0 saturated carbocycles. The number of nitrogens with one attached hydrogen (secondary N) is 1. The molecule has 0 atom stereocenters. The van der Waals surface area contributed by atoms with Crippen molar-refractivity contribution in [2.45, 2.75) is 26.3 Å². The Hall–Kier alpha value is -1.75. The van der Waals surface area contributed by atoms with E-state index in [1.807, 2.05) is 6.92 Å². The lowest BCUT2D eigenvalue weighted by atomic mass is 9.98. The maximum atomic E-state index is 13.2. The van der Waals surface area contributed by atoms with E-state index < -0.39 is 0 Å². The Morgan fingerprint density at radius 2 is 2.15 bits per heavy atom. The summed E-state index contributed by atoms with van der Waals surface area (Å²) in [4.78, 5) is 16.9. The van der Waals surface area contributed by atoms with Gasteiger partial charge in [0.2, 0.25) is 0 Å². The van der Waals surface area contributed by atoms with Crippen molar-refractivity contribution in [1.29, 1.82) is 0 Å². The lowest BCUT2D eigenvalue weighted by Crippen LogP contribution is -2.33. The molecule has 2 heterocycles. The highest BCUT2D eigenvalue weighted by Gasteiger charge is 2.16. The largest absolute Gasteiger partial charge is 0.317 e. The van der Waals surface area contributed by atoms with Crippen molar-refractivity contribution in [3.63, 3.8) is 0 Å². The molecule has 0 radical (unpaired) electrons. The van der Waals surface area contributed by atoms with E-state index >= 15 is 0 Å². The van der Waals surface area contributed by atoms with E-state index in [0.29, 0.717) is 29.2 Å². The normalized spacial score (nSPS) is 16.7. The average molecular weight is 275 g/mol. The van der Waals surface area contributed by atoms with E-state index in [0.717, 1.165) is 25.9 Å². The number of nitrogens with zero attached hydrogens (tertiary/aromatic N) is 2. The average Bonchev–Trinajstić information content (AvgIpc) is 2.44. The lowest BCUT2D eigenvalue weighted by molar-refractivity contribution is 0.326. The van der Waals surface area contributed by atoms with Crippen LogP contribution in [0.25, 0.3) is 10.9 Å². The minimum Gasteiger partial charge on any atom is -0.317 e. The van der Waals surface area contributed by atoms with E-state index in [-0.39, 0.29) is 11.4 Å². The van der Waals surface area contributed by atoms with Gasteiger partial charge in [-0.25, -0.2) is 9.37 Å². The Bertz CT molecular complexity index is 689. The number of halogens is 1. The van der Waals surface area contributed by atoms with Crippen LogP contribution in [0.1, 0.15) is 18.7 Å². The molecule has 1 fully saturated rings. The Morgan fingerprint density at radius 3 is 2.90 bits per heavy atom. The highest BCUT2D eigenvalue weighted by atomic mass is 19.1. The minimum absolute atomic E-state index is 0.0639. The quantitative estimate of drug-likeness (QED) is 0.909. The maximum absolute atomic E-state index is 13.2. The van der Waals surface area contributed by atoms with E-state index in [9.17, 15) is 9.18 Å². The number of fused-ring (bicyclic) bond motifs is 1. The van der Waals surface area contributed by atoms with E-state index in [2.05, 4.69) is 10.3 Å². The first kappa shape index (κ1) is 13.2. The summed E-state index contributed by atoms with van der Waals surface area (Å²) < 4.78 is 14.9. The van der Waals surface area contributed by atoms with Crippen molar-refractivity contribution in [3.05, 3.63) is 40.2 Å². The SMILES string of the molecule is Cc1nc2cc(F)ccc2c(=O)n1CC1CCNCC1. The summed E-state index contributed by atoms with van der Waals surface area (Å²) in [5.74, 6) is 0.805. The Kier molecular flexibility index (Phi) is 3.53. The van der Waals surface area contributed by atoms with Gasteiger partial charge in [-0.3, -0.25) is 9.36 Å². The first-order valence-electron chi connectivity index (χ1n) is 7.02. The van der Waals surface area contributed by atoms with Crippen molar-refractivity contribution in [3.8, 4) is 0 Å². The van der Waals surface area contributed by atoms with Crippen LogP contribution < -0.4 is 10.9 Å². The Labute approximate surface area is 116 Å². The summed E-state index contributed by atoms with van der Waals surface area (Å²) in [6, 6.07) is 4.16. The number of aromatic nitrogens is 2. The van der Waals surface area contributed by atoms with Crippen molar-refractivity contribution in [2.24, 2.45) is 5.92 Å². The molecule has 106 valence electrons. The number of piperidine rings is 1. The van der Waals surface area contributed by atoms with Gasteiger partial charge in [0.05, 0.1) is 10.9 Å². The minimum atomic E-state index is -0.361. The van der Waals surface area contributed by atoms with Gasteiger partial charge in [0.1, 0.15) is 11.6 Å². The third-order valence-corrected chi connectivity index (χ3v) is 4.01. The van der Waals surface area contributed by atoms with E-state index in [1.165, 1.54) is 18.2 Å². The molecule has 2 aromatic rings. The van der Waals surface area contributed by atoms with Crippen molar-refractivity contribution >= 4 is 10.9 Å². The number of rotatable bonds is 2. The zero-order chi connectivity index (χ0) is 14.1. The summed E-state index contributed by atoms with van der Waals surface area (Å²) in [5, 5.41) is 3.81. The van der Waals surface area contributed by atoms with Gasteiger partial charge in [-0.15, -0.1) is 0 Å². The summed E-state index contributed by atoms with van der Waals surface area (Å²) in [5.41, 5.74) is 0.375. The van der Waals surface area contributed by atoms with Crippen LogP contribution in [0.3, 0.4) is 0 Å². The Morgan fingerprint density at radius 1 is 1.40 bits per heavy atom. The van der Waals surface area contributed by atoms with Gasteiger partial charge < -0.3 is 5.32 Å². The van der Waals surface area contributed by atoms with Gasteiger partial charge in [-0.2, -0.15) is 0 Å². The van der Waals surface area contributed by atoms with Crippen LogP contribution in [0.2, 0.25) is 0 Å². The topological polar surface area (TPSA) is 46.9 Å². The summed E-state index contributed by atoms with van der Waals surface area (Å²) >= 11 is 0. The number of hydrogen-bond acceptors (Lipinski definition) is 3. The van der Waals surface area contributed by atoms with Gasteiger partial charge in [-0.1, -0.05) is 0 Å². The molecule has 0 aliphatic carbocycles. The standard InChI is InChI=1S/C15H18FN3O/c1-10-18-14-8-12(16)2-3-13(14)15(20)19(10)9-11-4-6-17-7-5-11/h2-3,8,11,17H,4-7,9H2,1H3. The Balaban J connectivity index is 2.02. The fourth-order valence-corrected chi connectivity index (χ4v) is 2.84. The predicted octanol–water partition coefficient (Wildman–Crippen LogP) is 1.84. The smallest absolute Gasteiger partial charge is 0.261 e. The maximum Gasteiger partial charge on any atom is 0.261 e. The molecule has 0 bridgehead atoms. The van der Waals surface area contributed by atoms with Gasteiger partial charge in [0, 0.05) is 12.6 Å². The zero-order valence-corrected chi connectivity index (χ0v) is 11.5. The molecule has 0 spiro atoms. The predicted molar refractivity (Wildman–Crippen MR) is 76.3 cm³/mol. The third-order valence-electron chi connectivity index (χ3n) is 4.01. The highest BCUT2D eigenvalue weighted by Crippen LogP contribution is 2.16. The van der Waals surface area contributed by atoms with Crippen LogP contribution in [0, 0.1) is 18.7 Å². The molecule has 1 aliphatic rings. The van der Waals surface area contributed by atoms with Gasteiger partial charge in [-0.05, 0) is 50.9 Å². The summed E-state index contributed by atoms with van der Waals surface area (Å²) in [7, 11) is 0. The van der Waals surface area contributed by atoms with Crippen LogP contribution in [-0.2, 0) is 6.54 Å². The second-order valence-corrected chi connectivity index (χ2v) is 5.43. The molecule has 1 aromatic heterocycles. The molecule has 0 unspecified atom stereocenters. The molecule has 20 heavy (non-hydrogen) atoms. The first-order chi connectivity index (χ1) is 9.65. The summed E-state index contributed by atoms with van der Waals surface area (Å²) in [6.45, 7) is 4.52. The van der Waals surface area contributed by atoms with Crippen LogP contribution >= 0.6 is 0 Å². The molecule has 3 rings (SSSR count). The van der Waals surface area contributed by atoms with Gasteiger partial charge in [0.25, 0.3) is 5.56 Å². The third kappa shape index (κ3) is 2.45. The number of hydrogen-bond donors (Lipinski definition) is 1. The first-order valence-corrected chi connectivity index (χ1v) is 7.02. The highest BCUT2D eigenvalue weighted by molar-refractivity contribution is 5.77. The number of benzene rings is 1. The molecular weight excluding hydrogens is 257 g/mol. The van der Waals surface area contributed by atoms with E-state index in [1.54, 1.807) is 4.57 Å².